The minimum absolute atomic E-state index is 0.584. The van der Waals surface area contributed by atoms with Crippen molar-refractivity contribution in [2.45, 2.75) is 25.4 Å². The van der Waals surface area contributed by atoms with Gasteiger partial charge in [0.2, 0.25) is 0 Å². The highest BCUT2D eigenvalue weighted by molar-refractivity contribution is 5.13. The molecule has 1 aromatic heterocycles. The summed E-state index contributed by atoms with van der Waals surface area (Å²) in [4.78, 5) is 2.15. The first kappa shape index (κ1) is 9.74. The average Bonchev–Trinajstić information content (AvgIpc) is 2.60. The van der Waals surface area contributed by atoms with Gasteiger partial charge in [0.05, 0.1) is 11.9 Å². The number of β-amino-alcohol motifs (C(OH)–C–C–N with tert-alkyl or cyclic N) is 1. The molecule has 1 aromatic rings. The minimum atomic E-state index is -0.584. The lowest BCUT2D eigenvalue weighted by Gasteiger charge is -2.20. The molecule has 0 bridgehead atoms. The molecule has 0 amide bonds. The first-order chi connectivity index (χ1) is 6.57. The second-order valence-corrected chi connectivity index (χ2v) is 4.48. The highest BCUT2D eigenvalue weighted by atomic mass is 16.3. The van der Waals surface area contributed by atoms with Gasteiger partial charge in [-0.2, -0.15) is 0 Å². The van der Waals surface area contributed by atoms with Gasteiger partial charge in [-0.25, -0.2) is 0 Å². The summed E-state index contributed by atoms with van der Waals surface area (Å²) in [5.74, 6) is 0.889. The summed E-state index contributed by atoms with van der Waals surface area (Å²) < 4.78 is 5.35. The highest BCUT2D eigenvalue weighted by Crippen LogP contribution is 2.25. The Morgan fingerprint density at radius 1 is 1.64 bits per heavy atom. The number of aryl methyl sites for hydroxylation is 1. The summed E-state index contributed by atoms with van der Waals surface area (Å²) in [5.41, 5.74) is 0.536. The molecule has 0 spiro atoms. The molecule has 78 valence electrons. The molecule has 1 aliphatic heterocycles. The van der Waals surface area contributed by atoms with Crippen LogP contribution in [0, 0.1) is 6.92 Å². The number of likely N-dealkylation sites (tertiary alicyclic amines) is 1. The molecule has 1 saturated heterocycles. The van der Waals surface area contributed by atoms with E-state index in [9.17, 15) is 5.11 Å². The van der Waals surface area contributed by atoms with Gasteiger partial charge in [-0.1, -0.05) is 0 Å². The molecular weight excluding hydrogens is 178 g/mol. The molecule has 0 saturated carbocycles. The molecule has 3 heteroatoms. The van der Waals surface area contributed by atoms with Crippen molar-refractivity contribution in [2.24, 2.45) is 0 Å². The number of nitrogens with zero attached hydrogens (tertiary/aromatic N) is 1. The van der Waals surface area contributed by atoms with E-state index in [0.717, 1.165) is 30.8 Å². The van der Waals surface area contributed by atoms with Crippen LogP contribution >= 0.6 is 0 Å². The molecule has 1 N–H and O–H groups in total. The third kappa shape index (κ3) is 1.99. The number of hydrogen-bond acceptors (Lipinski definition) is 3. The third-order valence-electron chi connectivity index (χ3n) is 2.81. The molecule has 2 rings (SSSR count). The van der Waals surface area contributed by atoms with Gasteiger partial charge >= 0.3 is 0 Å². The van der Waals surface area contributed by atoms with E-state index in [1.807, 2.05) is 20.0 Å². The van der Waals surface area contributed by atoms with E-state index in [0.29, 0.717) is 6.42 Å². The van der Waals surface area contributed by atoms with Gasteiger partial charge in [0.25, 0.3) is 0 Å². The Bertz CT molecular complexity index is 321. The number of hydrogen-bond donors (Lipinski definition) is 1. The predicted molar refractivity (Wildman–Crippen MR) is 54.2 cm³/mol. The van der Waals surface area contributed by atoms with E-state index in [2.05, 4.69) is 4.90 Å². The van der Waals surface area contributed by atoms with Gasteiger partial charge in [0.15, 0.2) is 0 Å². The maximum atomic E-state index is 10.2. The lowest BCUT2D eigenvalue weighted by Crippen LogP contribution is -2.34. The summed E-state index contributed by atoms with van der Waals surface area (Å²) >= 11 is 0. The average molecular weight is 195 g/mol. The molecule has 0 aliphatic carbocycles. The van der Waals surface area contributed by atoms with Gasteiger partial charge in [0.1, 0.15) is 5.76 Å². The van der Waals surface area contributed by atoms with Gasteiger partial charge in [-0.15, -0.1) is 0 Å². The van der Waals surface area contributed by atoms with Gasteiger partial charge in [-0.3, -0.25) is 0 Å². The minimum Gasteiger partial charge on any atom is -0.469 e. The van der Waals surface area contributed by atoms with Crippen molar-refractivity contribution in [3.8, 4) is 0 Å². The van der Waals surface area contributed by atoms with Gasteiger partial charge in [0, 0.05) is 19.5 Å². The smallest absolute Gasteiger partial charge is 0.106 e. The quantitative estimate of drug-likeness (QED) is 0.770. The van der Waals surface area contributed by atoms with Crippen LogP contribution in [0.2, 0.25) is 0 Å². The maximum absolute atomic E-state index is 10.2. The topological polar surface area (TPSA) is 36.6 Å². The van der Waals surface area contributed by atoms with E-state index in [1.165, 1.54) is 0 Å². The van der Waals surface area contributed by atoms with Crippen LogP contribution in [0.4, 0.5) is 0 Å². The zero-order valence-corrected chi connectivity index (χ0v) is 8.79. The van der Waals surface area contributed by atoms with Crippen molar-refractivity contribution in [2.75, 3.05) is 20.1 Å². The summed E-state index contributed by atoms with van der Waals surface area (Å²) in [6.07, 6.45) is 3.20. The second-order valence-electron chi connectivity index (χ2n) is 4.48. The van der Waals surface area contributed by atoms with Crippen molar-refractivity contribution in [3.63, 3.8) is 0 Å². The summed E-state index contributed by atoms with van der Waals surface area (Å²) in [6.45, 7) is 3.71. The van der Waals surface area contributed by atoms with Gasteiger partial charge < -0.3 is 14.4 Å². The molecule has 0 aromatic carbocycles. The van der Waals surface area contributed by atoms with Gasteiger partial charge in [-0.05, 0) is 32.0 Å². The molecule has 2 heterocycles. The van der Waals surface area contributed by atoms with Crippen LogP contribution in [-0.2, 0) is 6.42 Å². The molecule has 3 nitrogen and oxygen atoms in total. The van der Waals surface area contributed by atoms with Crippen molar-refractivity contribution < 1.29 is 9.52 Å². The molecule has 1 atom stereocenters. The SMILES string of the molecule is Cc1coc(CC2(O)CCN(C)C2)c1. The normalized spacial score (nSPS) is 28.5. The van der Waals surface area contributed by atoms with E-state index < -0.39 is 5.60 Å². The monoisotopic (exact) mass is 195 g/mol. The van der Waals surface area contributed by atoms with Crippen LogP contribution in [0.25, 0.3) is 0 Å². The van der Waals surface area contributed by atoms with Crippen LogP contribution in [0.15, 0.2) is 16.7 Å². The molecule has 1 fully saturated rings. The fourth-order valence-corrected chi connectivity index (χ4v) is 2.11. The zero-order chi connectivity index (χ0) is 10.2. The number of likely N-dealkylation sites (N-methyl/N-ethyl adjacent to an activating group) is 1. The first-order valence-corrected chi connectivity index (χ1v) is 5.02. The second kappa shape index (κ2) is 3.41. The van der Waals surface area contributed by atoms with E-state index in [1.54, 1.807) is 6.26 Å². The predicted octanol–water partition coefficient (Wildman–Crippen LogP) is 1.20. The van der Waals surface area contributed by atoms with Crippen molar-refractivity contribution in [3.05, 3.63) is 23.7 Å². The molecule has 1 aliphatic rings. The lowest BCUT2D eigenvalue weighted by molar-refractivity contribution is 0.0473. The summed E-state index contributed by atoms with van der Waals surface area (Å²) in [7, 11) is 2.03. The zero-order valence-electron chi connectivity index (χ0n) is 8.79. The Labute approximate surface area is 84.3 Å². The van der Waals surface area contributed by atoms with E-state index >= 15 is 0 Å². The van der Waals surface area contributed by atoms with Crippen LogP contribution in [0.3, 0.4) is 0 Å². The lowest BCUT2D eigenvalue weighted by atomic mass is 9.97. The van der Waals surface area contributed by atoms with Crippen LogP contribution in [0.5, 0.6) is 0 Å². The van der Waals surface area contributed by atoms with E-state index in [-0.39, 0.29) is 0 Å². The first-order valence-electron chi connectivity index (χ1n) is 5.02. The molecule has 0 radical (unpaired) electrons. The van der Waals surface area contributed by atoms with Crippen molar-refractivity contribution in [1.82, 2.24) is 4.90 Å². The highest BCUT2D eigenvalue weighted by Gasteiger charge is 2.35. The summed E-state index contributed by atoms with van der Waals surface area (Å²) in [5, 5.41) is 10.2. The van der Waals surface area contributed by atoms with E-state index in [4.69, 9.17) is 4.42 Å². The van der Waals surface area contributed by atoms with Crippen molar-refractivity contribution in [1.29, 1.82) is 0 Å². The number of furan rings is 1. The van der Waals surface area contributed by atoms with Crippen LogP contribution in [-0.4, -0.2) is 35.7 Å². The molecule has 1 unspecified atom stereocenters. The third-order valence-corrected chi connectivity index (χ3v) is 2.81. The Morgan fingerprint density at radius 3 is 2.93 bits per heavy atom. The Balaban J connectivity index is 2.03. The largest absolute Gasteiger partial charge is 0.469 e. The number of aliphatic hydroxyl groups is 1. The molecule has 14 heavy (non-hydrogen) atoms. The van der Waals surface area contributed by atoms with Crippen LogP contribution in [0.1, 0.15) is 17.7 Å². The fraction of sp³-hybridized carbons (Fsp3) is 0.636. The fourth-order valence-electron chi connectivity index (χ4n) is 2.11. The number of rotatable bonds is 2. The standard InChI is InChI=1S/C11H17NO2/c1-9-5-10(14-7-9)6-11(13)3-4-12(2)8-11/h5,7,13H,3-4,6,8H2,1-2H3. The Kier molecular flexibility index (Phi) is 2.37. The Morgan fingerprint density at radius 2 is 2.43 bits per heavy atom. The Hall–Kier alpha value is -0.800. The maximum Gasteiger partial charge on any atom is 0.106 e. The molecular formula is C11H17NO2. The van der Waals surface area contributed by atoms with Crippen LogP contribution < -0.4 is 0 Å². The summed E-state index contributed by atoms with van der Waals surface area (Å²) in [6, 6.07) is 2.00. The van der Waals surface area contributed by atoms with Crippen molar-refractivity contribution >= 4 is 0 Å².